The Bertz CT molecular complexity index is 797. The van der Waals surface area contributed by atoms with E-state index in [-0.39, 0.29) is 5.75 Å². The number of fused-ring (bicyclic) bond motifs is 1. The number of benzene rings is 1. The van der Waals surface area contributed by atoms with E-state index in [0.717, 1.165) is 11.1 Å². The first-order valence-electron chi connectivity index (χ1n) is 5.65. The second-order valence-electron chi connectivity index (χ2n) is 4.20. The summed E-state index contributed by atoms with van der Waals surface area (Å²) in [5, 5.41) is 22.9. The van der Waals surface area contributed by atoms with E-state index in [4.69, 9.17) is 11.0 Å². The van der Waals surface area contributed by atoms with Gasteiger partial charge in [0.1, 0.15) is 11.8 Å². The molecular weight excluding hydrogens is 240 g/mol. The van der Waals surface area contributed by atoms with Gasteiger partial charge in [-0.1, -0.05) is 12.1 Å². The maximum absolute atomic E-state index is 9.74. The van der Waals surface area contributed by atoms with Crippen LogP contribution in [0.4, 0.5) is 5.69 Å². The van der Waals surface area contributed by atoms with E-state index in [1.165, 1.54) is 16.9 Å². The fourth-order valence-corrected chi connectivity index (χ4v) is 2.07. The third kappa shape index (κ3) is 1.76. The Morgan fingerprint density at radius 3 is 2.68 bits per heavy atom. The number of nitrogens with zero attached hydrogens (tertiary/aromatic N) is 3. The van der Waals surface area contributed by atoms with Crippen LogP contribution >= 0.6 is 0 Å². The third-order valence-corrected chi connectivity index (χ3v) is 2.94. The molecule has 2 heterocycles. The number of nitriles is 1. The van der Waals surface area contributed by atoms with Gasteiger partial charge in [-0.2, -0.15) is 10.4 Å². The van der Waals surface area contributed by atoms with Crippen LogP contribution in [-0.4, -0.2) is 14.7 Å². The molecule has 0 amide bonds. The summed E-state index contributed by atoms with van der Waals surface area (Å²) in [6.45, 7) is 0. The number of anilines is 1. The predicted octanol–water partition coefficient (Wildman–Crippen LogP) is 2.16. The molecule has 0 radical (unpaired) electrons. The molecule has 19 heavy (non-hydrogen) atoms. The molecule has 5 nitrogen and oxygen atoms in total. The number of hydrogen-bond donors (Lipinski definition) is 2. The zero-order valence-electron chi connectivity index (χ0n) is 9.91. The van der Waals surface area contributed by atoms with Crippen molar-refractivity contribution in [2.24, 2.45) is 0 Å². The minimum atomic E-state index is 0.0897. The molecule has 2 aromatic heterocycles. The van der Waals surface area contributed by atoms with E-state index >= 15 is 0 Å². The second kappa shape index (κ2) is 4.03. The Morgan fingerprint density at radius 1 is 1.26 bits per heavy atom. The molecule has 3 rings (SSSR count). The monoisotopic (exact) mass is 250 g/mol. The topological polar surface area (TPSA) is 87.3 Å². The molecular formula is C14H10N4O. The van der Waals surface area contributed by atoms with Crippen LogP contribution < -0.4 is 5.73 Å². The van der Waals surface area contributed by atoms with E-state index in [1.54, 1.807) is 18.2 Å². The quantitative estimate of drug-likeness (QED) is 0.648. The second-order valence-corrected chi connectivity index (χ2v) is 4.20. The van der Waals surface area contributed by atoms with Crippen molar-refractivity contribution in [3.8, 4) is 22.9 Å². The highest BCUT2D eigenvalue weighted by molar-refractivity contribution is 5.85. The molecule has 1 aromatic carbocycles. The van der Waals surface area contributed by atoms with Gasteiger partial charge >= 0.3 is 0 Å². The van der Waals surface area contributed by atoms with Crippen molar-refractivity contribution in [3.05, 3.63) is 48.3 Å². The summed E-state index contributed by atoms with van der Waals surface area (Å²) < 4.78 is 1.50. The summed E-state index contributed by atoms with van der Waals surface area (Å²) in [4.78, 5) is 0. The molecule has 0 atom stereocenters. The minimum Gasteiger partial charge on any atom is -0.506 e. The average molecular weight is 250 g/mol. The molecule has 0 saturated heterocycles. The van der Waals surface area contributed by atoms with Gasteiger partial charge < -0.3 is 10.8 Å². The minimum absolute atomic E-state index is 0.0897. The van der Waals surface area contributed by atoms with Crippen molar-refractivity contribution in [1.82, 2.24) is 9.61 Å². The first-order valence-corrected chi connectivity index (χ1v) is 5.65. The number of aromatic nitrogens is 2. The van der Waals surface area contributed by atoms with Gasteiger partial charge in [0.25, 0.3) is 0 Å². The first kappa shape index (κ1) is 11.1. The maximum Gasteiger partial charge on any atom is 0.134 e. The molecule has 0 saturated carbocycles. The smallest absolute Gasteiger partial charge is 0.134 e. The molecule has 0 aliphatic carbocycles. The lowest BCUT2D eigenvalue weighted by atomic mass is 10.0. The van der Waals surface area contributed by atoms with Crippen LogP contribution in [-0.2, 0) is 0 Å². The van der Waals surface area contributed by atoms with Gasteiger partial charge in [0.05, 0.1) is 23.5 Å². The largest absolute Gasteiger partial charge is 0.506 e. The molecule has 0 unspecified atom stereocenters. The number of aromatic hydroxyl groups is 1. The van der Waals surface area contributed by atoms with Crippen LogP contribution in [0.5, 0.6) is 5.75 Å². The van der Waals surface area contributed by atoms with Gasteiger partial charge in [0, 0.05) is 11.3 Å². The van der Waals surface area contributed by atoms with Crippen molar-refractivity contribution in [3.63, 3.8) is 0 Å². The van der Waals surface area contributed by atoms with Crippen LogP contribution in [0.3, 0.4) is 0 Å². The fourth-order valence-electron chi connectivity index (χ4n) is 2.07. The lowest BCUT2D eigenvalue weighted by Gasteiger charge is -2.06. The number of rotatable bonds is 1. The number of nitrogen functional groups attached to an aromatic ring is 1. The molecule has 0 spiro atoms. The summed E-state index contributed by atoms with van der Waals surface area (Å²) in [6, 6.07) is 11.0. The van der Waals surface area contributed by atoms with Crippen LogP contribution in [0.1, 0.15) is 5.56 Å². The fraction of sp³-hybridized carbons (Fsp3) is 0. The molecule has 0 aliphatic heterocycles. The van der Waals surface area contributed by atoms with Crippen LogP contribution in [0.15, 0.2) is 42.7 Å². The van der Waals surface area contributed by atoms with Gasteiger partial charge in [-0.15, -0.1) is 0 Å². The Balaban J connectivity index is 2.36. The zero-order valence-corrected chi connectivity index (χ0v) is 9.91. The summed E-state index contributed by atoms with van der Waals surface area (Å²) in [7, 11) is 0. The van der Waals surface area contributed by atoms with Gasteiger partial charge in [0.2, 0.25) is 0 Å². The Labute approximate surface area is 109 Å². The highest BCUT2D eigenvalue weighted by Gasteiger charge is 2.12. The Morgan fingerprint density at radius 2 is 2.00 bits per heavy atom. The lowest BCUT2D eigenvalue weighted by Crippen LogP contribution is -1.91. The molecule has 0 aliphatic rings. The SMILES string of the molecule is N#Cc1cnn2cc(O)cc(-c3ccc(N)cc3)c12. The van der Waals surface area contributed by atoms with Crippen LogP contribution in [0, 0.1) is 11.3 Å². The van der Waals surface area contributed by atoms with Crippen molar-refractivity contribution in [1.29, 1.82) is 5.26 Å². The summed E-state index contributed by atoms with van der Waals surface area (Å²) in [6.07, 6.45) is 2.95. The number of hydrogen-bond acceptors (Lipinski definition) is 4. The average Bonchev–Trinajstić information content (AvgIpc) is 2.81. The van der Waals surface area contributed by atoms with Crippen LogP contribution in [0.25, 0.3) is 16.6 Å². The van der Waals surface area contributed by atoms with Crippen molar-refractivity contribution >= 4 is 11.2 Å². The van der Waals surface area contributed by atoms with Gasteiger partial charge in [-0.05, 0) is 23.8 Å². The van der Waals surface area contributed by atoms with Crippen molar-refractivity contribution in [2.75, 3.05) is 5.73 Å². The van der Waals surface area contributed by atoms with Crippen LogP contribution in [0.2, 0.25) is 0 Å². The zero-order chi connectivity index (χ0) is 13.4. The molecule has 0 bridgehead atoms. The van der Waals surface area contributed by atoms with Gasteiger partial charge in [-0.3, -0.25) is 0 Å². The lowest BCUT2D eigenvalue weighted by molar-refractivity contribution is 0.471. The molecule has 0 fully saturated rings. The number of pyridine rings is 1. The first-order chi connectivity index (χ1) is 9.19. The van der Waals surface area contributed by atoms with E-state index in [2.05, 4.69) is 11.2 Å². The van der Waals surface area contributed by atoms with E-state index < -0.39 is 0 Å². The molecule has 92 valence electrons. The summed E-state index contributed by atoms with van der Waals surface area (Å²) in [5.41, 5.74) is 9.07. The number of nitrogens with two attached hydrogens (primary N) is 1. The molecule has 5 heteroatoms. The van der Waals surface area contributed by atoms with E-state index in [0.29, 0.717) is 16.8 Å². The van der Waals surface area contributed by atoms with Crippen molar-refractivity contribution < 1.29 is 5.11 Å². The Kier molecular flexibility index (Phi) is 2.36. The normalized spacial score (nSPS) is 10.5. The Hall–Kier alpha value is -3.00. The van der Waals surface area contributed by atoms with Gasteiger partial charge in [0.15, 0.2) is 0 Å². The van der Waals surface area contributed by atoms with E-state index in [9.17, 15) is 5.11 Å². The third-order valence-electron chi connectivity index (χ3n) is 2.94. The maximum atomic E-state index is 9.74. The van der Waals surface area contributed by atoms with Crippen molar-refractivity contribution in [2.45, 2.75) is 0 Å². The molecule has 3 aromatic rings. The van der Waals surface area contributed by atoms with Gasteiger partial charge in [-0.25, -0.2) is 4.52 Å². The standard InChI is InChI=1S/C14H10N4O/c15-6-10-7-17-18-8-12(19)5-13(14(10)18)9-1-3-11(16)4-2-9/h1-5,7-8,19H,16H2. The van der Waals surface area contributed by atoms with E-state index in [1.807, 2.05) is 12.1 Å². The highest BCUT2D eigenvalue weighted by atomic mass is 16.3. The summed E-state index contributed by atoms with van der Waals surface area (Å²) in [5.74, 6) is 0.0897. The predicted molar refractivity (Wildman–Crippen MR) is 71.4 cm³/mol. The molecule has 3 N–H and O–H groups in total. The highest BCUT2D eigenvalue weighted by Crippen LogP contribution is 2.30. The summed E-state index contributed by atoms with van der Waals surface area (Å²) >= 11 is 0.